The Balaban J connectivity index is 0.00000225. The molecule has 0 fully saturated rings. The van der Waals surface area contributed by atoms with Crippen LogP contribution in [0.4, 0.5) is 0 Å². The van der Waals surface area contributed by atoms with Gasteiger partial charge in [-0.25, -0.2) is 0 Å². The highest BCUT2D eigenvalue weighted by atomic mass is 35.5. The van der Waals surface area contributed by atoms with E-state index in [9.17, 15) is 4.79 Å². The third-order valence-electron chi connectivity index (χ3n) is 1.97. The van der Waals surface area contributed by atoms with Crippen molar-refractivity contribution in [3.05, 3.63) is 17.5 Å². The van der Waals surface area contributed by atoms with E-state index in [1.807, 2.05) is 6.92 Å². The SMILES string of the molecule is Cc1cc(CN(C)C(=O)C(C)(C)N)no1.Cl. The number of amides is 1. The van der Waals surface area contributed by atoms with E-state index in [2.05, 4.69) is 5.16 Å². The molecule has 0 aliphatic carbocycles. The van der Waals surface area contributed by atoms with Crippen LogP contribution < -0.4 is 5.73 Å². The molecular formula is C10H18ClN3O2. The first kappa shape index (κ1) is 14.9. The zero-order valence-corrected chi connectivity index (χ0v) is 10.8. The van der Waals surface area contributed by atoms with E-state index in [-0.39, 0.29) is 18.3 Å². The molecule has 0 aliphatic rings. The molecule has 1 amide bonds. The Morgan fingerprint density at radius 2 is 2.19 bits per heavy atom. The van der Waals surface area contributed by atoms with Gasteiger partial charge in [0.05, 0.1) is 12.1 Å². The summed E-state index contributed by atoms with van der Waals surface area (Å²) in [6.07, 6.45) is 0. The van der Waals surface area contributed by atoms with Gasteiger partial charge >= 0.3 is 0 Å². The Hall–Kier alpha value is -1.07. The molecule has 0 radical (unpaired) electrons. The van der Waals surface area contributed by atoms with Gasteiger partial charge in [-0.3, -0.25) is 4.79 Å². The molecule has 16 heavy (non-hydrogen) atoms. The van der Waals surface area contributed by atoms with Gasteiger partial charge in [-0.15, -0.1) is 12.4 Å². The topological polar surface area (TPSA) is 72.4 Å². The summed E-state index contributed by atoms with van der Waals surface area (Å²) in [4.78, 5) is 13.3. The van der Waals surface area contributed by atoms with Crippen LogP contribution in [0.15, 0.2) is 10.6 Å². The largest absolute Gasteiger partial charge is 0.361 e. The molecule has 6 heteroatoms. The van der Waals surface area contributed by atoms with Gasteiger partial charge in [-0.05, 0) is 20.8 Å². The lowest BCUT2D eigenvalue weighted by Crippen LogP contribution is -2.49. The van der Waals surface area contributed by atoms with Gasteiger partial charge in [0.1, 0.15) is 11.5 Å². The molecule has 0 aliphatic heterocycles. The molecular weight excluding hydrogens is 230 g/mol. The molecule has 1 heterocycles. The summed E-state index contributed by atoms with van der Waals surface area (Å²) in [6, 6.07) is 1.80. The second-order valence-corrected chi connectivity index (χ2v) is 4.31. The van der Waals surface area contributed by atoms with E-state index in [1.54, 1.807) is 27.0 Å². The molecule has 1 rings (SSSR count). The Labute approximate surface area is 101 Å². The van der Waals surface area contributed by atoms with Gasteiger partial charge in [0, 0.05) is 13.1 Å². The third kappa shape index (κ3) is 3.83. The average Bonchev–Trinajstić information content (AvgIpc) is 2.48. The second kappa shape index (κ2) is 5.32. The van der Waals surface area contributed by atoms with Crippen molar-refractivity contribution in [2.75, 3.05) is 7.05 Å². The number of rotatable bonds is 3. The number of halogens is 1. The molecule has 0 saturated carbocycles. The van der Waals surface area contributed by atoms with Gasteiger partial charge in [-0.1, -0.05) is 5.16 Å². The summed E-state index contributed by atoms with van der Waals surface area (Å²) in [7, 11) is 1.70. The number of nitrogens with two attached hydrogens (primary N) is 1. The first-order valence-electron chi connectivity index (χ1n) is 4.77. The van der Waals surface area contributed by atoms with Crippen molar-refractivity contribution in [2.24, 2.45) is 5.73 Å². The lowest BCUT2D eigenvalue weighted by molar-refractivity contribution is -0.135. The Bertz CT molecular complexity index is 357. The monoisotopic (exact) mass is 247 g/mol. The fourth-order valence-corrected chi connectivity index (χ4v) is 1.30. The van der Waals surface area contributed by atoms with Crippen molar-refractivity contribution in [1.29, 1.82) is 0 Å². The number of aryl methyl sites for hydroxylation is 1. The molecule has 0 bridgehead atoms. The van der Waals surface area contributed by atoms with Crippen LogP contribution in [-0.2, 0) is 11.3 Å². The van der Waals surface area contributed by atoms with Crippen LogP contribution in [0.25, 0.3) is 0 Å². The molecule has 0 spiro atoms. The van der Waals surface area contributed by atoms with Crippen LogP contribution in [0.2, 0.25) is 0 Å². The predicted octanol–water partition coefficient (Wildman–Crippen LogP) is 1.10. The number of carbonyl (C=O) groups is 1. The van der Waals surface area contributed by atoms with E-state index in [1.165, 1.54) is 4.90 Å². The Kier molecular flexibility index (Phi) is 4.96. The summed E-state index contributed by atoms with van der Waals surface area (Å²) < 4.78 is 4.91. The molecule has 0 aromatic carbocycles. The first-order chi connectivity index (χ1) is 6.80. The van der Waals surface area contributed by atoms with Crippen LogP contribution in [0, 0.1) is 6.92 Å². The lowest BCUT2D eigenvalue weighted by Gasteiger charge is -2.24. The van der Waals surface area contributed by atoms with E-state index >= 15 is 0 Å². The fraction of sp³-hybridized carbons (Fsp3) is 0.600. The van der Waals surface area contributed by atoms with E-state index in [4.69, 9.17) is 10.3 Å². The van der Waals surface area contributed by atoms with Gasteiger partial charge < -0.3 is 15.2 Å². The molecule has 1 aromatic rings. The molecule has 1 aromatic heterocycles. The summed E-state index contributed by atoms with van der Waals surface area (Å²) >= 11 is 0. The third-order valence-corrected chi connectivity index (χ3v) is 1.97. The summed E-state index contributed by atoms with van der Waals surface area (Å²) in [6.45, 7) is 5.59. The van der Waals surface area contributed by atoms with Gasteiger partial charge in [-0.2, -0.15) is 0 Å². The number of carbonyl (C=O) groups excluding carboxylic acids is 1. The number of likely N-dealkylation sites (N-methyl/N-ethyl adjacent to an activating group) is 1. The molecule has 92 valence electrons. The minimum absolute atomic E-state index is 0. The molecule has 0 unspecified atom stereocenters. The lowest BCUT2D eigenvalue weighted by atomic mass is 10.1. The number of aromatic nitrogens is 1. The maximum Gasteiger partial charge on any atom is 0.242 e. The van der Waals surface area contributed by atoms with Gasteiger partial charge in [0.2, 0.25) is 5.91 Å². The Morgan fingerprint density at radius 3 is 2.56 bits per heavy atom. The highest BCUT2D eigenvalue weighted by molar-refractivity contribution is 5.85. The normalized spacial score (nSPS) is 10.8. The molecule has 5 nitrogen and oxygen atoms in total. The zero-order chi connectivity index (χ0) is 11.6. The van der Waals surface area contributed by atoms with E-state index in [0.717, 1.165) is 11.5 Å². The number of hydrogen-bond donors (Lipinski definition) is 1. The van der Waals surface area contributed by atoms with Gasteiger partial charge in [0.25, 0.3) is 0 Å². The molecule has 0 atom stereocenters. The minimum Gasteiger partial charge on any atom is -0.361 e. The highest BCUT2D eigenvalue weighted by Crippen LogP contribution is 2.08. The summed E-state index contributed by atoms with van der Waals surface area (Å²) in [5.41, 5.74) is 5.58. The maximum absolute atomic E-state index is 11.7. The van der Waals surface area contributed by atoms with Crippen molar-refractivity contribution < 1.29 is 9.32 Å². The van der Waals surface area contributed by atoms with Crippen LogP contribution in [0.1, 0.15) is 25.3 Å². The van der Waals surface area contributed by atoms with Gasteiger partial charge in [0.15, 0.2) is 0 Å². The predicted molar refractivity (Wildman–Crippen MR) is 63.2 cm³/mol. The second-order valence-electron chi connectivity index (χ2n) is 4.31. The van der Waals surface area contributed by atoms with E-state index in [0.29, 0.717) is 6.54 Å². The van der Waals surface area contributed by atoms with E-state index < -0.39 is 5.54 Å². The minimum atomic E-state index is -0.854. The van der Waals surface area contributed by atoms with Crippen LogP contribution in [0.3, 0.4) is 0 Å². The van der Waals surface area contributed by atoms with Crippen molar-refractivity contribution in [1.82, 2.24) is 10.1 Å². The van der Waals surface area contributed by atoms with Crippen molar-refractivity contribution >= 4 is 18.3 Å². The smallest absolute Gasteiger partial charge is 0.242 e. The first-order valence-corrected chi connectivity index (χ1v) is 4.77. The molecule has 2 N–H and O–H groups in total. The average molecular weight is 248 g/mol. The van der Waals surface area contributed by atoms with Crippen molar-refractivity contribution in [3.8, 4) is 0 Å². The van der Waals surface area contributed by atoms with Crippen LogP contribution in [0.5, 0.6) is 0 Å². The maximum atomic E-state index is 11.7. The fourth-order valence-electron chi connectivity index (χ4n) is 1.30. The number of hydrogen-bond acceptors (Lipinski definition) is 4. The highest BCUT2D eigenvalue weighted by Gasteiger charge is 2.25. The molecule has 0 saturated heterocycles. The van der Waals surface area contributed by atoms with Crippen LogP contribution >= 0.6 is 12.4 Å². The Morgan fingerprint density at radius 1 is 1.62 bits per heavy atom. The quantitative estimate of drug-likeness (QED) is 0.868. The summed E-state index contributed by atoms with van der Waals surface area (Å²) in [5, 5.41) is 3.81. The van der Waals surface area contributed by atoms with Crippen molar-refractivity contribution in [3.63, 3.8) is 0 Å². The summed E-state index contributed by atoms with van der Waals surface area (Å²) in [5.74, 6) is 0.612. The number of nitrogens with zero attached hydrogens (tertiary/aromatic N) is 2. The standard InChI is InChI=1S/C10H17N3O2.ClH/c1-7-5-8(12-15-7)6-13(4)9(14)10(2,3)11;/h5H,6,11H2,1-4H3;1H. The van der Waals surface area contributed by atoms with Crippen molar-refractivity contribution in [2.45, 2.75) is 32.9 Å². The van der Waals surface area contributed by atoms with Crippen LogP contribution in [-0.4, -0.2) is 28.6 Å². The zero-order valence-electron chi connectivity index (χ0n) is 9.98.